The highest BCUT2D eigenvalue weighted by Gasteiger charge is 2.53. The van der Waals surface area contributed by atoms with Crippen molar-refractivity contribution < 1.29 is 22.9 Å². The van der Waals surface area contributed by atoms with Crippen molar-refractivity contribution in [2.45, 2.75) is 77.3 Å². The Hall–Kier alpha value is -2.12. The summed E-state index contributed by atoms with van der Waals surface area (Å²) in [5, 5.41) is 13.8. The largest absolute Gasteiger partial charge is 0.471 e. The fourth-order valence-corrected chi connectivity index (χ4v) is 5.87. The number of hydrogen-bond acceptors (Lipinski definition) is 3. The second-order valence-corrected chi connectivity index (χ2v) is 9.68. The van der Waals surface area contributed by atoms with Gasteiger partial charge in [0.2, 0.25) is 0 Å². The van der Waals surface area contributed by atoms with Gasteiger partial charge in [0.1, 0.15) is 0 Å². The van der Waals surface area contributed by atoms with Gasteiger partial charge >= 0.3 is 12.1 Å². The number of benzene rings is 1. The fraction of sp³-hybridized carbons (Fsp3) is 0.682. The summed E-state index contributed by atoms with van der Waals surface area (Å²) in [5.74, 6) is -1.86. The van der Waals surface area contributed by atoms with Crippen LogP contribution in [0.2, 0.25) is 0 Å². The van der Waals surface area contributed by atoms with E-state index in [1.54, 1.807) is 6.07 Å². The molecule has 0 saturated heterocycles. The highest BCUT2D eigenvalue weighted by atomic mass is 19.4. The Kier molecular flexibility index (Phi) is 5.67. The third-order valence-electron chi connectivity index (χ3n) is 7.35. The van der Waals surface area contributed by atoms with Gasteiger partial charge < -0.3 is 5.32 Å². The Balaban J connectivity index is 1.99. The van der Waals surface area contributed by atoms with Gasteiger partial charge in [0.05, 0.1) is 4.92 Å². The second-order valence-electron chi connectivity index (χ2n) is 9.68. The Labute approximate surface area is 174 Å². The van der Waals surface area contributed by atoms with E-state index in [1.807, 2.05) is 26.8 Å². The van der Waals surface area contributed by atoms with Crippen LogP contribution in [0.15, 0.2) is 12.1 Å². The number of alkyl halides is 3. The van der Waals surface area contributed by atoms with E-state index in [1.165, 1.54) is 0 Å². The summed E-state index contributed by atoms with van der Waals surface area (Å²) >= 11 is 0. The molecule has 166 valence electrons. The van der Waals surface area contributed by atoms with Gasteiger partial charge in [-0.2, -0.15) is 13.2 Å². The van der Waals surface area contributed by atoms with Crippen LogP contribution in [-0.2, 0) is 16.6 Å². The van der Waals surface area contributed by atoms with E-state index < -0.39 is 17.5 Å². The molecule has 3 atom stereocenters. The van der Waals surface area contributed by atoms with Crippen molar-refractivity contribution in [2.24, 2.45) is 11.3 Å². The number of fused-ring (bicyclic) bond motifs is 3. The number of rotatable bonds is 4. The molecule has 0 aliphatic heterocycles. The number of halogens is 3. The molecule has 5 nitrogen and oxygen atoms in total. The molecule has 1 aromatic rings. The van der Waals surface area contributed by atoms with Crippen molar-refractivity contribution in [2.75, 3.05) is 6.54 Å². The van der Waals surface area contributed by atoms with Crippen molar-refractivity contribution in [3.63, 3.8) is 0 Å². The van der Waals surface area contributed by atoms with E-state index in [4.69, 9.17) is 0 Å². The highest BCUT2D eigenvalue weighted by Crippen LogP contribution is 2.57. The summed E-state index contributed by atoms with van der Waals surface area (Å²) < 4.78 is 38.0. The molecule has 1 fully saturated rings. The topological polar surface area (TPSA) is 72.2 Å². The average molecular weight is 426 g/mol. The Morgan fingerprint density at radius 1 is 1.30 bits per heavy atom. The third-order valence-corrected chi connectivity index (χ3v) is 7.35. The van der Waals surface area contributed by atoms with Gasteiger partial charge in [-0.1, -0.05) is 34.1 Å². The Morgan fingerprint density at radius 3 is 2.53 bits per heavy atom. The van der Waals surface area contributed by atoms with Crippen molar-refractivity contribution in [1.82, 2.24) is 5.32 Å². The molecule has 0 heterocycles. The molecule has 1 aromatic carbocycles. The predicted molar refractivity (Wildman–Crippen MR) is 107 cm³/mol. The van der Waals surface area contributed by atoms with Crippen LogP contribution in [-0.4, -0.2) is 23.6 Å². The first-order valence-electron chi connectivity index (χ1n) is 10.5. The zero-order valence-corrected chi connectivity index (χ0v) is 17.9. The Morgan fingerprint density at radius 2 is 1.97 bits per heavy atom. The normalized spacial score (nSPS) is 28.6. The maximum atomic E-state index is 12.7. The van der Waals surface area contributed by atoms with Gasteiger partial charge in [-0.05, 0) is 65.5 Å². The maximum Gasteiger partial charge on any atom is 0.471 e. The van der Waals surface area contributed by atoms with Crippen LogP contribution >= 0.6 is 0 Å². The van der Waals surface area contributed by atoms with Crippen LogP contribution in [0.4, 0.5) is 18.9 Å². The van der Waals surface area contributed by atoms with Crippen LogP contribution in [0, 0.1) is 21.4 Å². The van der Waals surface area contributed by atoms with Crippen LogP contribution in [0.5, 0.6) is 0 Å². The zero-order chi connectivity index (χ0) is 22.5. The molecular weight excluding hydrogens is 397 g/mol. The van der Waals surface area contributed by atoms with Gasteiger partial charge in [0, 0.05) is 18.2 Å². The maximum absolute atomic E-state index is 12.7. The van der Waals surface area contributed by atoms with E-state index in [2.05, 4.69) is 12.2 Å². The first-order chi connectivity index (χ1) is 13.8. The number of carbonyl (C=O) groups excluding carboxylic acids is 1. The summed E-state index contributed by atoms with van der Waals surface area (Å²) in [6, 6.07) is 3.66. The molecule has 0 spiro atoms. The van der Waals surface area contributed by atoms with Crippen LogP contribution in [0.25, 0.3) is 0 Å². The molecule has 2 aliphatic carbocycles. The molecule has 0 aromatic heterocycles. The first kappa shape index (κ1) is 22.6. The molecule has 1 amide bonds. The van der Waals surface area contributed by atoms with Crippen molar-refractivity contribution in [3.05, 3.63) is 38.9 Å². The minimum absolute atomic E-state index is 0.0235. The summed E-state index contributed by atoms with van der Waals surface area (Å²) in [6.45, 7) is 7.84. The number of nitro groups is 1. The SMILES string of the molecule is CC(C)c1cc2c(cc1[N+](=O)[O-])C1(C)CCCC(C)(CNC(=O)C(F)(F)F)C1CC2. The van der Waals surface area contributed by atoms with Gasteiger partial charge in [0.25, 0.3) is 5.69 Å². The molecule has 3 rings (SSSR count). The molecule has 30 heavy (non-hydrogen) atoms. The minimum atomic E-state index is -4.90. The number of nitrogens with one attached hydrogen (secondary N) is 1. The molecule has 8 heteroatoms. The van der Waals surface area contributed by atoms with E-state index in [0.717, 1.165) is 42.4 Å². The molecule has 2 aliphatic rings. The summed E-state index contributed by atoms with van der Waals surface area (Å²) in [4.78, 5) is 22.8. The first-order valence-corrected chi connectivity index (χ1v) is 10.5. The number of nitro benzene ring substituents is 1. The molecular formula is C22H29F3N2O3. The lowest BCUT2D eigenvalue weighted by Crippen LogP contribution is -2.54. The van der Waals surface area contributed by atoms with Gasteiger partial charge in [0.15, 0.2) is 0 Å². The van der Waals surface area contributed by atoms with E-state index in [0.29, 0.717) is 6.42 Å². The number of aryl methyl sites for hydroxylation is 1. The Bertz CT molecular complexity index is 868. The van der Waals surface area contributed by atoms with Crippen molar-refractivity contribution in [3.8, 4) is 0 Å². The van der Waals surface area contributed by atoms with Crippen LogP contribution < -0.4 is 5.32 Å². The zero-order valence-electron chi connectivity index (χ0n) is 17.9. The molecule has 1 saturated carbocycles. The average Bonchev–Trinajstić information content (AvgIpc) is 2.64. The number of carbonyl (C=O) groups is 1. The molecule has 0 radical (unpaired) electrons. The minimum Gasteiger partial charge on any atom is -0.348 e. The van der Waals surface area contributed by atoms with Crippen LogP contribution in [0.1, 0.15) is 76.0 Å². The van der Waals surface area contributed by atoms with Crippen LogP contribution in [0.3, 0.4) is 0 Å². The summed E-state index contributed by atoms with van der Waals surface area (Å²) in [6.07, 6.45) is -1.04. The molecule has 3 unspecified atom stereocenters. The highest BCUT2D eigenvalue weighted by molar-refractivity contribution is 5.81. The lowest BCUT2D eigenvalue weighted by atomic mass is 9.49. The van der Waals surface area contributed by atoms with Gasteiger partial charge in [-0.25, -0.2) is 0 Å². The molecule has 1 N–H and O–H groups in total. The third kappa shape index (κ3) is 3.81. The number of amides is 1. The molecule has 0 bridgehead atoms. The van der Waals surface area contributed by atoms with E-state index in [-0.39, 0.29) is 34.4 Å². The predicted octanol–water partition coefficient (Wildman–Crippen LogP) is 5.41. The van der Waals surface area contributed by atoms with E-state index >= 15 is 0 Å². The summed E-state index contributed by atoms with van der Waals surface area (Å²) in [5.41, 5.74) is 2.01. The fourth-order valence-electron chi connectivity index (χ4n) is 5.87. The van der Waals surface area contributed by atoms with Crippen molar-refractivity contribution >= 4 is 11.6 Å². The number of nitrogens with zero attached hydrogens (tertiary/aromatic N) is 1. The monoisotopic (exact) mass is 426 g/mol. The van der Waals surface area contributed by atoms with E-state index in [9.17, 15) is 28.1 Å². The lowest BCUT2D eigenvalue weighted by molar-refractivity contribution is -0.385. The quantitative estimate of drug-likeness (QED) is 0.517. The van der Waals surface area contributed by atoms with Crippen molar-refractivity contribution in [1.29, 1.82) is 0 Å². The lowest BCUT2D eigenvalue weighted by Gasteiger charge is -2.55. The summed E-state index contributed by atoms with van der Waals surface area (Å²) in [7, 11) is 0. The second kappa shape index (κ2) is 7.54. The number of hydrogen-bond donors (Lipinski definition) is 1. The van der Waals surface area contributed by atoms with Gasteiger partial charge in [-0.3, -0.25) is 14.9 Å². The standard InChI is InChI=1S/C22H29F3N2O3/c1-13(2)15-10-14-6-7-18-20(3,12-26-19(28)22(23,24)25)8-5-9-21(18,4)16(14)11-17(15)27(29)30/h10-11,13,18H,5-9,12H2,1-4H3,(H,26,28). The smallest absolute Gasteiger partial charge is 0.348 e. The van der Waals surface area contributed by atoms with Gasteiger partial charge in [-0.15, -0.1) is 0 Å².